The zero-order valence-electron chi connectivity index (χ0n) is 17.9. The largest absolute Gasteiger partial charge is 0.444 e. The highest BCUT2D eigenvalue weighted by Gasteiger charge is 2.26. The first-order valence-electron chi connectivity index (χ1n) is 9.87. The smallest absolute Gasteiger partial charge is 0.410 e. The number of rotatable bonds is 7. The van der Waals surface area contributed by atoms with Gasteiger partial charge in [-0.1, -0.05) is 6.42 Å². The van der Waals surface area contributed by atoms with Crippen molar-refractivity contribution >= 4 is 26.1 Å². The topological polar surface area (TPSA) is 113 Å². The molecule has 0 unspecified atom stereocenters. The molecule has 2 rings (SSSR count). The number of hydrogen-bond donors (Lipinski definition) is 1. The fourth-order valence-corrected chi connectivity index (χ4v) is 5.45. The molecule has 1 aromatic rings. The fourth-order valence-electron chi connectivity index (χ4n) is 2.91. The van der Waals surface area contributed by atoms with Crippen molar-refractivity contribution < 1.29 is 26.4 Å². The highest BCUT2D eigenvalue weighted by molar-refractivity contribution is 7.89. The predicted octanol–water partition coefficient (Wildman–Crippen LogP) is 2.01. The lowest BCUT2D eigenvalue weighted by molar-refractivity contribution is 0.0302. The quantitative estimate of drug-likeness (QED) is 0.665. The zero-order chi connectivity index (χ0) is 22.6. The maximum Gasteiger partial charge on any atom is 0.410 e. The van der Waals surface area contributed by atoms with Gasteiger partial charge in [0.2, 0.25) is 20.0 Å². The van der Waals surface area contributed by atoms with E-state index in [9.17, 15) is 21.6 Å². The molecule has 30 heavy (non-hydrogen) atoms. The minimum atomic E-state index is -3.84. The third kappa shape index (κ3) is 6.66. The van der Waals surface area contributed by atoms with Gasteiger partial charge < -0.3 is 9.64 Å². The van der Waals surface area contributed by atoms with Crippen molar-refractivity contribution in [2.24, 2.45) is 0 Å². The van der Waals surface area contributed by atoms with Crippen LogP contribution in [0.3, 0.4) is 0 Å². The van der Waals surface area contributed by atoms with E-state index >= 15 is 0 Å². The molecule has 1 aliphatic heterocycles. The molecule has 1 fully saturated rings. The molecule has 0 radical (unpaired) electrons. The van der Waals surface area contributed by atoms with E-state index in [0.717, 1.165) is 19.3 Å². The lowest BCUT2D eigenvalue weighted by Crippen LogP contribution is -2.39. The average molecular weight is 462 g/mol. The molecule has 0 aliphatic carbocycles. The Morgan fingerprint density at radius 3 is 2.10 bits per heavy atom. The second-order valence-electron chi connectivity index (χ2n) is 8.24. The van der Waals surface area contributed by atoms with Gasteiger partial charge >= 0.3 is 6.09 Å². The summed E-state index contributed by atoms with van der Waals surface area (Å²) in [6, 6.07) is 5.17. The van der Waals surface area contributed by atoms with Crippen molar-refractivity contribution in [2.45, 2.75) is 55.4 Å². The van der Waals surface area contributed by atoms with Gasteiger partial charge in [-0.05, 0) is 57.9 Å². The van der Waals surface area contributed by atoms with Crippen molar-refractivity contribution in [3.05, 3.63) is 24.3 Å². The van der Waals surface area contributed by atoms with Crippen molar-refractivity contribution in [1.29, 1.82) is 0 Å². The van der Waals surface area contributed by atoms with Crippen LogP contribution in [-0.2, 0) is 24.8 Å². The van der Waals surface area contributed by atoms with Crippen LogP contribution in [0.15, 0.2) is 34.1 Å². The Bertz CT molecular complexity index is 931. The second kappa shape index (κ2) is 9.63. The van der Waals surface area contributed by atoms with E-state index < -0.39 is 31.7 Å². The standard InChI is InChI=1S/C19H31N3O6S2/c1-19(2,3)28-18(23)21(4)15-12-20-29(24,25)16-8-10-17(11-9-16)30(26,27)22-13-6-5-7-14-22/h8-11,20H,5-7,12-15H2,1-4H3. The number of amides is 1. The first-order valence-corrected chi connectivity index (χ1v) is 12.8. The van der Waals surface area contributed by atoms with Gasteiger partial charge in [0.1, 0.15) is 5.60 Å². The molecular formula is C19H31N3O6S2. The molecule has 1 heterocycles. The Morgan fingerprint density at radius 1 is 1.03 bits per heavy atom. The van der Waals surface area contributed by atoms with Gasteiger partial charge in [0.25, 0.3) is 0 Å². The fraction of sp³-hybridized carbons (Fsp3) is 0.632. The molecule has 0 saturated carbocycles. The van der Waals surface area contributed by atoms with Crippen molar-refractivity contribution in [3.8, 4) is 0 Å². The molecule has 1 amide bonds. The van der Waals surface area contributed by atoms with Gasteiger partial charge in [0, 0.05) is 33.2 Å². The highest BCUT2D eigenvalue weighted by Crippen LogP contribution is 2.22. The number of likely N-dealkylation sites (N-methyl/N-ethyl adjacent to an activating group) is 1. The summed E-state index contributed by atoms with van der Waals surface area (Å²) >= 11 is 0. The Labute approximate surface area is 179 Å². The van der Waals surface area contributed by atoms with Crippen LogP contribution >= 0.6 is 0 Å². The lowest BCUT2D eigenvalue weighted by atomic mass is 10.2. The summed E-state index contributed by atoms with van der Waals surface area (Å²) < 4.78 is 59.3. The molecule has 0 bridgehead atoms. The molecule has 1 aliphatic rings. The number of carbonyl (C=O) groups excluding carboxylic acids is 1. The van der Waals surface area contributed by atoms with Crippen LogP contribution in [0.1, 0.15) is 40.0 Å². The monoisotopic (exact) mass is 461 g/mol. The summed E-state index contributed by atoms with van der Waals surface area (Å²) in [5, 5.41) is 0. The minimum absolute atomic E-state index is 0.00803. The number of benzene rings is 1. The Morgan fingerprint density at radius 2 is 1.57 bits per heavy atom. The lowest BCUT2D eigenvalue weighted by Gasteiger charge is -2.26. The summed E-state index contributed by atoms with van der Waals surface area (Å²) in [6.07, 6.45) is 2.12. The Kier molecular flexibility index (Phi) is 7.89. The summed E-state index contributed by atoms with van der Waals surface area (Å²) in [5.74, 6) is 0. The SMILES string of the molecule is CN(CCNS(=O)(=O)c1ccc(S(=O)(=O)N2CCCCC2)cc1)C(=O)OC(C)(C)C. The zero-order valence-corrected chi connectivity index (χ0v) is 19.6. The van der Waals surface area contributed by atoms with Crippen LogP contribution < -0.4 is 4.72 Å². The maximum absolute atomic E-state index is 12.7. The molecule has 0 spiro atoms. The number of ether oxygens (including phenoxy) is 1. The normalized spacial score (nSPS) is 16.3. The van der Waals surface area contributed by atoms with Crippen LogP contribution in [0.2, 0.25) is 0 Å². The average Bonchev–Trinajstić information content (AvgIpc) is 2.67. The van der Waals surface area contributed by atoms with Gasteiger partial charge in [0.05, 0.1) is 9.79 Å². The predicted molar refractivity (Wildman–Crippen MR) is 113 cm³/mol. The van der Waals surface area contributed by atoms with Crippen molar-refractivity contribution in [2.75, 3.05) is 33.2 Å². The van der Waals surface area contributed by atoms with Crippen LogP contribution in [0, 0.1) is 0 Å². The number of carbonyl (C=O) groups is 1. The van der Waals surface area contributed by atoms with Crippen LogP contribution in [0.5, 0.6) is 0 Å². The van der Waals surface area contributed by atoms with Crippen molar-refractivity contribution in [1.82, 2.24) is 13.9 Å². The maximum atomic E-state index is 12.7. The third-order valence-corrected chi connectivity index (χ3v) is 7.92. The van der Waals surface area contributed by atoms with Gasteiger partial charge in [-0.15, -0.1) is 0 Å². The summed E-state index contributed by atoms with van der Waals surface area (Å²) in [5.41, 5.74) is -0.638. The number of piperidine rings is 1. The molecule has 1 N–H and O–H groups in total. The molecule has 170 valence electrons. The van der Waals surface area contributed by atoms with Crippen LogP contribution in [0.4, 0.5) is 4.79 Å². The van der Waals surface area contributed by atoms with E-state index in [0.29, 0.717) is 13.1 Å². The molecule has 0 aromatic heterocycles. The van der Waals surface area contributed by atoms with E-state index in [2.05, 4.69) is 4.72 Å². The molecule has 1 aromatic carbocycles. The highest BCUT2D eigenvalue weighted by atomic mass is 32.2. The first-order chi connectivity index (χ1) is 13.8. The van der Waals surface area contributed by atoms with Crippen LogP contribution in [-0.4, -0.2) is 71.0 Å². The third-order valence-electron chi connectivity index (χ3n) is 4.53. The minimum Gasteiger partial charge on any atom is -0.444 e. The molecule has 11 heteroatoms. The van der Waals surface area contributed by atoms with Gasteiger partial charge in [0.15, 0.2) is 0 Å². The molecule has 1 saturated heterocycles. The van der Waals surface area contributed by atoms with Gasteiger partial charge in [-0.25, -0.2) is 26.4 Å². The second-order valence-corrected chi connectivity index (χ2v) is 11.9. The summed E-state index contributed by atoms with van der Waals surface area (Å²) in [6.45, 7) is 6.31. The van der Waals surface area contributed by atoms with E-state index in [1.54, 1.807) is 20.8 Å². The molecule has 9 nitrogen and oxygen atoms in total. The Balaban J connectivity index is 1.97. The number of nitrogens with one attached hydrogen (secondary N) is 1. The van der Waals surface area contributed by atoms with E-state index in [1.807, 2.05) is 0 Å². The summed E-state index contributed by atoms with van der Waals surface area (Å²) in [7, 11) is -5.94. The summed E-state index contributed by atoms with van der Waals surface area (Å²) in [4.78, 5) is 13.2. The molecule has 0 atom stereocenters. The van der Waals surface area contributed by atoms with Gasteiger partial charge in [-0.2, -0.15) is 4.31 Å². The van der Waals surface area contributed by atoms with Crippen LogP contribution in [0.25, 0.3) is 0 Å². The van der Waals surface area contributed by atoms with Gasteiger partial charge in [-0.3, -0.25) is 0 Å². The number of nitrogens with zero attached hydrogens (tertiary/aromatic N) is 2. The number of hydrogen-bond acceptors (Lipinski definition) is 6. The van der Waals surface area contributed by atoms with E-state index in [4.69, 9.17) is 4.74 Å². The van der Waals surface area contributed by atoms with E-state index in [-0.39, 0.29) is 22.9 Å². The molecular weight excluding hydrogens is 430 g/mol. The van der Waals surface area contributed by atoms with E-state index in [1.165, 1.54) is 40.5 Å². The number of sulfonamides is 2. The Hall–Kier alpha value is -1.69. The van der Waals surface area contributed by atoms with Crippen molar-refractivity contribution in [3.63, 3.8) is 0 Å². The first kappa shape index (κ1) is 24.6.